The van der Waals surface area contributed by atoms with Gasteiger partial charge in [-0.05, 0) is 41.2 Å². The van der Waals surface area contributed by atoms with Gasteiger partial charge in [-0.25, -0.2) is 4.98 Å². The van der Waals surface area contributed by atoms with E-state index >= 15 is 0 Å². The first-order valence-electron chi connectivity index (χ1n) is 6.12. The van der Waals surface area contributed by atoms with E-state index in [4.69, 9.17) is 11.6 Å². The number of aromatic nitrogens is 1. The van der Waals surface area contributed by atoms with Crippen LogP contribution in [0.3, 0.4) is 0 Å². The molecule has 1 heterocycles. The number of hydrogen-bond acceptors (Lipinski definition) is 1. The van der Waals surface area contributed by atoms with Gasteiger partial charge in [0.25, 0.3) is 0 Å². The van der Waals surface area contributed by atoms with Crippen LogP contribution >= 0.6 is 27.5 Å². The molecule has 0 unspecified atom stereocenters. The van der Waals surface area contributed by atoms with Gasteiger partial charge in [0.1, 0.15) is 5.15 Å². The molecule has 3 heteroatoms. The van der Waals surface area contributed by atoms with Crippen LogP contribution in [0.15, 0.2) is 22.7 Å². The average Bonchev–Trinajstić information content (AvgIpc) is 2.26. The number of fused-ring (bicyclic) bond motifs is 1. The Labute approximate surface area is 122 Å². The van der Waals surface area contributed by atoms with Crippen LogP contribution in [0.2, 0.25) is 5.15 Å². The molecule has 1 aromatic heterocycles. The molecule has 0 fully saturated rings. The van der Waals surface area contributed by atoms with Gasteiger partial charge in [-0.3, -0.25) is 0 Å². The summed E-state index contributed by atoms with van der Waals surface area (Å²) in [5.74, 6) is 0. The summed E-state index contributed by atoms with van der Waals surface area (Å²) in [4.78, 5) is 4.60. The Morgan fingerprint density at radius 1 is 1.22 bits per heavy atom. The van der Waals surface area contributed by atoms with Gasteiger partial charge in [-0.15, -0.1) is 0 Å². The van der Waals surface area contributed by atoms with Crippen LogP contribution in [-0.2, 0) is 11.8 Å². The Kier molecular flexibility index (Phi) is 3.70. The minimum absolute atomic E-state index is 0.00691. The van der Waals surface area contributed by atoms with Crippen LogP contribution in [-0.4, -0.2) is 4.98 Å². The van der Waals surface area contributed by atoms with Gasteiger partial charge in [-0.2, -0.15) is 0 Å². The zero-order chi connectivity index (χ0) is 13.5. The van der Waals surface area contributed by atoms with Crippen molar-refractivity contribution in [3.8, 4) is 0 Å². The molecule has 0 saturated carbocycles. The Balaban J connectivity index is 2.80. The van der Waals surface area contributed by atoms with Crippen molar-refractivity contribution < 1.29 is 0 Å². The van der Waals surface area contributed by atoms with E-state index < -0.39 is 0 Å². The van der Waals surface area contributed by atoms with Crippen molar-refractivity contribution in [2.24, 2.45) is 0 Å². The molecule has 1 aromatic carbocycles. The fraction of sp³-hybridized carbons (Fsp3) is 0.400. The molecule has 2 rings (SSSR count). The lowest BCUT2D eigenvalue weighted by molar-refractivity contribution is 0.589. The molecule has 0 amide bonds. The third-order valence-corrected chi connectivity index (χ3v) is 3.85. The fourth-order valence-electron chi connectivity index (χ4n) is 2.09. The number of pyridine rings is 1. The van der Waals surface area contributed by atoms with E-state index in [2.05, 4.69) is 66.8 Å². The molecule has 0 N–H and O–H groups in total. The minimum atomic E-state index is 0.00691. The molecule has 0 bridgehead atoms. The van der Waals surface area contributed by atoms with Gasteiger partial charge in [0.2, 0.25) is 0 Å². The van der Waals surface area contributed by atoms with Crippen LogP contribution in [0.1, 0.15) is 38.8 Å². The lowest BCUT2D eigenvalue weighted by atomic mass is 9.87. The number of rotatable bonds is 1. The van der Waals surface area contributed by atoms with Crippen LogP contribution < -0.4 is 0 Å². The number of hydrogen-bond donors (Lipinski definition) is 0. The predicted molar refractivity (Wildman–Crippen MR) is 82.5 cm³/mol. The summed E-state index contributed by atoms with van der Waals surface area (Å²) < 4.78 is 1.09. The summed E-state index contributed by atoms with van der Waals surface area (Å²) in [6.07, 6.45) is 0.953. The molecule has 0 saturated heterocycles. The highest BCUT2D eigenvalue weighted by Gasteiger charge is 2.19. The third kappa shape index (κ3) is 2.55. The van der Waals surface area contributed by atoms with Crippen molar-refractivity contribution in [2.45, 2.75) is 39.5 Å². The third-order valence-electron chi connectivity index (χ3n) is 3.10. The van der Waals surface area contributed by atoms with Gasteiger partial charge in [-0.1, -0.05) is 55.2 Å². The molecule has 18 heavy (non-hydrogen) atoms. The Hall–Kier alpha value is -0.600. The highest BCUT2D eigenvalue weighted by atomic mass is 79.9. The highest BCUT2D eigenvalue weighted by molar-refractivity contribution is 9.10. The maximum atomic E-state index is 6.33. The Morgan fingerprint density at radius 3 is 2.44 bits per heavy atom. The molecule has 0 radical (unpaired) electrons. The Morgan fingerprint density at radius 2 is 1.89 bits per heavy atom. The number of benzene rings is 1. The summed E-state index contributed by atoms with van der Waals surface area (Å²) in [5, 5.41) is 1.77. The second kappa shape index (κ2) is 4.82. The van der Waals surface area contributed by atoms with Crippen molar-refractivity contribution in [3.63, 3.8) is 0 Å². The van der Waals surface area contributed by atoms with E-state index in [-0.39, 0.29) is 5.41 Å². The van der Waals surface area contributed by atoms with Gasteiger partial charge >= 0.3 is 0 Å². The molecule has 0 aliphatic rings. The van der Waals surface area contributed by atoms with Crippen molar-refractivity contribution in [2.75, 3.05) is 0 Å². The highest BCUT2D eigenvalue weighted by Crippen LogP contribution is 2.33. The monoisotopic (exact) mass is 325 g/mol. The van der Waals surface area contributed by atoms with Crippen molar-refractivity contribution in [1.82, 2.24) is 4.98 Å². The van der Waals surface area contributed by atoms with Gasteiger partial charge in [0.15, 0.2) is 0 Å². The van der Waals surface area contributed by atoms with E-state index in [1.807, 2.05) is 0 Å². The van der Waals surface area contributed by atoms with Crippen molar-refractivity contribution in [3.05, 3.63) is 39.0 Å². The summed E-state index contributed by atoms with van der Waals surface area (Å²) in [7, 11) is 0. The first kappa shape index (κ1) is 13.8. The second-order valence-corrected chi connectivity index (χ2v) is 6.84. The van der Waals surface area contributed by atoms with Crippen LogP contribution in [0.4, 0.5) is 0 Å². The smallest absolute Gasteiger partial charge is 0.133 e. The fourth-order valence-corrected chi connectivity index (χ4v) is 3.04. The second-order valence-electron chi connectivity index (χ2n) is 5.57. The standard InChI is InChI=1S/C15H17BrClN/c1-5-9-6-11(16)7-10-8-12(15(2,3)4)14(17)18-13(9)10/h6-8H,5H2,1-4H3. The number of nitrogens with zero attached hydrogens (tertiary/aromatic N) is 1. The van der Waals surface area contributed by atoms with E-state index in [0.29, 0.717) is 5.15 Å². The van der Waals surface area contributed by atoms with Crippen LogP contribution in [0, 0.1) is 0 Å². The van der Waals surface area contributed by atoms with E-state index in [1.54, 1.807) is 0 Å². The van der Waals surface area contributed by atoms with Crippen LogP contribution in [0.5, 0.6) is 0 Å². The van der Waals surface area contributed by atoms with Gasteiger partial charge < -0.3 is 0 Å². The quantitative estimate of drug-likeness (QED) is 0.630. The zero-order valence-electron chi connectivity index (χ0n) is 11.1. The van der Waals surface area contributed by atoms with E-state index in [9.17, 15) is 0 Å². The van der Waals surface area contributed by atoms with Gasteiger partial charge in [0, 0.05) is 9.86 Å². The first-order valence-corrected chi connectivity index (χ1v) is 7.29. The number of aryl methyl sites for hydroxylation is 1. The lowest BCUT2D eigenvalue weighted by Gasteiger charge is -2.21. The molecule has 0 aliphatic heterocycles. The maximum absolute atomic E-state index is 6.33. The summed E-state index contributed by atoms with van der Waals surface area (Å²) in [6, 6.07) is 6.38. The van der Waals surface area contributed by atoms with Gasteiger partial charge in [0.05, 0.1) is 5.52 Å². The SMILES string of the molecule is CCc1cc(Br)cc2cc(C(C)(C)C)c(Cl)nc12. The van der Waals surface area contributed by atoms with Crippen molar-refractivity contribution >= 4 is 38.4 Å². The van der Waals surface area contributed by atoms with E-state index in [1.165, 1.54) is 5.56 Å². The zero-order valence-corrected chi connectivity index (χ0v) is 13.5. The molecule has 2 aromatic rings. The summed E-state index contributed by atoms with van der Waals surface area (Å²) in [6.45, 7) is 8.59. The normalized spacial score (nSPS) is 12.1. The molecule has 0 aliphatic carbocycles. The molecule has 96 valence electrons. The maximum Gasteiger partial charge on any atom is 0.133 e. The predicted octanol–water partition coefficient (Wildman–Crippen LogP) is 5.51. The minimum Gasteiger partial charge on any atom is -0.236 e. The molecule has 0 atom stereocenters. The van der Waals surface area contributed by atoms with Crippen molar-refractivity contribution in [1.29, 1.82) is 0 Å². The summed E-state index contributed by atoms with van der Waals surface area (Å²) >= 11 is 9.89. The lowest BCUT2D eigenvalue weighted by Crippen LogP contribution is -2.12. The molecule has 1 nitrogen and oxygen atoms in total. The molecular formula is C15H17BrClN. The van der Waals surface area contributed by atoms with Crippen LogP contribution in [0.25, 0.3) is 10.9 Å². The summed E-state index contributed by atoms with van der Waals surface area (Å²) in [5.41, 5.74) is 3.34. The largest absolute Gasteiger partial charge is 0.236 e. The Bertz CT molecular complexity index is 599. The average molecular weight is 327 g/mol. The molecular weight excluding hydrogens is 310 g/mol. The molecule has 0 spiro atoms. The van der Waals surface area contributed by atoms with E-state index in [0.717, 1.165) is 27.4 Å². The first-order chi connectivity index (χ1) is 8.32. The topological polar surface area (TPSA) is 12.9 Å². The number of halogens is 2.